The van der Waals surface area contributed by atoms with Crippen molar-refractivity contribution in [3.63, 3.8) is 0 Å². The van der Waals surface area contributed by atoms with Gasteiger partial charge in [-0.15, -0.1) is 0 Å². The molecule has 1 aliphatic heterocycles. The van der Waals surface area contributed by atoms with E-state index in [4.69, 9.17) is 23.2 Å². The molecular weight excluding hydrogens is 389 g/mol. The molecule has 0 unspecified atom stereocenters. The smallest absolute Gasteiger partial charge is 0.323 e. The normalized spacial score (nSPS) is 20.7. The number of fused-ring (bicyclic) bond motifs is 2. The lowest BCUT2D eigenvalue weighted by molar-refractivity contribution is -0.134. The van der Waals surface area contributed by atoms with Crippen molar-refractivity contribution < 1.29 is 14.4 Å². The molecule has 1 heterocycles. The van der Waals surface area contributed by atoms with E-state index >= 15 is 0 Å². The van der Waals surface area contributed by atoms with Crippen molar-refractivity contribution in [3.8, 4) is 0 Å². The highest BCUT2D eigenvalue weighted by molar-refractivity contribution is 6.36. The van der Waals surface area contributed by atoms with E-state index in [1.807, 2.05) is 24.3 Å². The summed E-state index contributed by atoms with van der Waals surface area (Å²) in [5.74, 6) is -0.930. The Morgan fingerprint density at radius 2 is 1.96 bits per heavy atom. The van der Waals surface area contributed by atoms with Crippen LogP contribution in [0.4, 0.5) is 10.5 Å². The van der Waals surface area contributed by atoms with E-state index in [0.29, 0.717) is 23.6 Å². The predicted octanol–water partition coefficient (Wildman–Crippen LogP) is 3.33. The average Bonchev–Trinajstić information content (AvgIpc) is 3.11. The highest BCUT2D eigenvalue weighted by atomic mass is 35.5. The summed E-state index contributed by atoms with van der Waals surface area (Å²) in [4.78, 5) is 38.8. The summed E-state index contributed by atoms with van der Waals surface area (Å²) in [6.45, 7) is -0.395. The maximum Gasteiger partial charge on any atom is 0.325 e. The number of halogens is 2. The van der Waals surface area contributed by atoms with Gasteiger partial charge in [-0.25, -0.2) is 4.79 Å². The number of imide groups is 1. The molecule has 1 aliphatic carbocycles. The van der Waals surface area contributed by atoms with Crippen LogP contribution < -0.4 is 10.6 Å². The lowest BCUT2D eigenvalue weighted by atomic mass is 9.92. The van der Waals surface area contributed by atoms with Crippen molar-refractivity contribution >= 4 is 46.7 Å². The molecule has 4 amide bonds. The second-order valence-corrected chi connectivity index (χ2v) is 7.40. The minimum absolute atomic E-state index is 0.272. The van der Waals surface area contributed by atoms with E-state index in [9.17, 15) is 14.4 Å². The third-order valence-electron chi connectivity index (χ3n) is 4.93. The number of hydrogen-bond acceptors (Lipinski definition) is 3. The van der Waals surface area contributed by atoms with Gasteiger partial charge in [-0.05, 0) is 42.2 Å². The summed E-state index contributed by atoms with van der Waals surface area (Å²) in [5.41, 5.74) is 1.11. The van der Waals surface area contributed by atoms with Gasteiger partial charge in [0.15, 0.2) is 0 Å². The van der Waals surface area contributed by atoms with Gasteiger partial charge in [0, 0.05) is 5.02 Å². The van der Waals surface area contributed by atoms with E-state index in [0.717, 1.165) is 16.0 Å². The number of benzene rings is 2. The second-order valence-electron chi connectivity index (χ2n) is 6.56. The number of carbonyl (C=O) groups is 3. The van der Waals surface area contributed by atoms with Crippen molar-refractivity contribution in [3.05, 3.63) is 63.6 Å². The summed E-state index contributed by atoms with van der Waals surface area (Å²) >= 11 is 11.9. The van der Waals surface area contributed by atoms with Crippen molar-refractivity contribution in [1.82, 2.24) is 10.2 Å². The lowest BCUT2D eigenvalue weighted by Gasteiger charge is -2.22. The topological polar surface area (TPSA) is 78.5 Å². The van der Waals surface area contributed by atoms with Crippen molar-refractivity contribution in [2.24, 2.45) is 0 Å². The van der Waals surface area contributed by atoms with E-state index in [2.05, 4.69) is 10.6 Å². The van der Waals surface area contributed by atoms with E-state index in [1.165, 1.54) is 6.07 Å². The van der Waals surface area contributed by atoms with Gasteiger partial charge in [0.25, 0.3) is 5.91 Å². The van der Waals surface area contributed by atoms with E-state index in [-0.39, 0.29) is 5.02 Å². The molecule has 1 atom stereocenters. The first-order valence-electron chi connectivity index (χ1n) is 8.38. The molecule has 0 saturated carbocycles. The molecule has 1 fully saturated rings. The van der Waals surface area contributed by atoms with Gasteiger partial charge < -0.3 is 10.6 Å². The first-order valence-corrected chi connectivity index (χ1v) is 9.14. The zero-order chi connectivity index (χ0) is 19.2. The van der Waals surface area contributed by atoms with Crippen molar-refractivity contribution in [2.45, 2.75) is 18.4 Å². The molecule has 8 heteroatoms. The second kappa shape index (κ2) is 6.55. The quantitative estimate of drug-likeness (QED) is 0.771. The monoisotopic (exact) mass is 403 g/mol. The van der Waals surface area contributed by atoms with Crippen molar-refractivity contribution in [1.29, 1.82) is 0 Å². The van der Waals surface area contributed by atoms with Crippen LogP contribution in [0.5, 0.6) is 0 Å². The standard InChI is InChI=1S/C19H15Cl2N3O3/c20-12-5-6-15(14(21)9-12)22-16(25)10-24-17(26)19(23-18(24)27)8-7-11-3-1-2-4-13(11)19/h1-6,9H,7-8,10H2,(H,22,25)(H,23,27)/t19-/m1/s1. The summed E-state index contributed by atoms with van der Waals surface area (Å²) in [6.07, 6.45) is 1.18. The number of rotatable bonds is 3. The highest BCUT2D eigenvalue weighted by Gasteiger charge is 2.55. The molecule has 1 saturated heterocycles. The van der Waals surface area contributed by atoms with Gasteiger partial charge >= 0.3 is 6.03 Å². The highest BCUT2D eigenvalue weighted by Crippen LogP contribution is 2.41. The molecule has 2 aromatic carbocycles. The Morgan fingerprint density at radius 3 is 2.74 bits per heavy atom. The molecule has 0 radical (unpaired) electrons. The van der Waals surface area contributed by atoms with Gasteiger partial charge in [-0.3, -0.25) is 14.5 Å². The minimum atomic E-state index is -1.08. The SMILES string of the molecule is O=C(CN1C(=O)N[C@@]2(CCc3ccccc32)C1=O)Nc1ccc(Cl)cc1Cl. The fraction of sp³-hybridized carbons (Fsp3) is 0.211. The Hall–Kier alpha value is -2.57. The number of anilines is 1. The zero-order valence-electron chi connectivity index (χ0n) is 14.1. The zero-order valence-corrected chi connectivity index (χ0v) is 15.6. The number of urea groups is 1. The molecule has 2 aliphatic rings. The predicted molar refractivity (Wildman–Crippen MR) is 102 cm³/mol. The Kier molecular flexibility index (Phi) is 4.32. The van der Waals surface area contributed by atoms with Gasteiger partial charge in [-0.1, -0.05) is 47.5 Å². The van der Waals surface area contributed by atoms with Crippen LogP contribution in [-0.2, 0) is 21.5 Å². The maximum absolute atomic E-state index is 13.0. The molecule has 2 aromatic rings. The molecule has 1 spiro atoms. The van der Waals surface area contributed by atoms with Crippen molar-refractivity contribution in [2.75, 3.05) is 11.9 Å². The van der Waals surface area contributed by atoms with Crippen LogP contribution in [0.2, 0.25) is 10.0 Å². The summed E-state index contributed by atoms with van der Waals surface area (Å²) in [5, 5.41) is 6.10. The average molecular weight is 404 g/mol. The fourth-order valence-electron chi connectivity index (χ4n) is 3.66. The number of nitrogens with zero attached hydrogens (tertiary/aromatic N) is 1. The molecule has 6 nitrogen and oxygen atoms in total. The number of nitrogens with one attached hydrogen (secondary N) is 2. The minimum Gasteiger partial charge on any atom is -0.323 e. The third kappa shape index (κ3) is 2.95. The van der Waals surface area contributed by atoms with Crippen LogP contribution in [-0.4, -0.2) is 29.3 Å². The van der Waals surface area contributed by atoms with Crippen LogP contribution in [0.25, 0.3) is 0 Å². The van der Waals surface area contributed by atoms with Gasteiger partial charge in [0.2, 0.25) is 5.91 Å². The molecule has 0 bridgehead atoms. The molecule has 4 rings (SSSR count). The molecule has 0 aromatic heterocycles. The Balaban J connectivity index is 1.53. The van der Waals surface area contributed by atoms with Crippen LogP contribution in [0.15, 0.2) is 42.5 Å². The number of amides is 4. The van der Waals surface area contributed by atoms with Crippen LogP contribution in [0.3, 0.4) is 0 Å². The Bertz CT molecular complexity index is 978. The molecule has 138 valence electrons. The summed E-state index contributed by atoms with van der Waals surface area (Å²) in [6, 6.07) is 11.6. The molecule has 27 heavy (non-hydrogen) atoms. The largest absolute Gasteiger partial charge is 0.325 e. The molecular formula is C19H15Cl2N3O3. The van der Waals surface area contributed by atoms with E-state index < -0.39 is 29.9 Å². The summed E-state index contributed by atoms with van der Waals surface area (Å²) in [7, 11) is 0. The molecule has 2 N–H and O–H groups in total. The van der Waals surface area contributed by atoms with Crippen LogP contribution >= 0.6 is 23.2 Å². The number of hydrogen-bond donors (Lipinski definition) is 2. The third-order valence-corrected chi connectivity index (χ3v) is 5.48. The number of carbonyl (C=O) groups excluding carboxylic acids is 3. The van der Waals surface area contributed by atoms with Crippen LogP contribution in [0.1, 0.15) is 17.5 Å². The maximum atomic E-state index is 13.0. The fourth-order valence-corrected chi connectivity index (χ4v) is 4.11. The first kappa shape index (κ1) is 17.8. The lowest BCUT2D eigenvalue weighted by Crippen LogP contribution is -2.43. The Morgan fingerprint density at radius 1 is 1.19 bits per heavy atom. The summed E-state index contributed by atoms with van der Waals surface area (Å²) < 4.78 is 0. The number of aryl methyl sites for hydroxylation is 1. The van der Waals surface area contributed by atoms with Gasteiger partial charge in [0.1, 0.15) is 12.1 Å². The van der Waals surface area contributed by atoms with Crippen LogP contribution in [0, 0.1) is 0 Å². The van der Waals surface area contributed by atoms with Gasteiger partial charge in [-0.2, -0.15) is 0 Å². The Labute approximate surface area is 165 Å². The van der Waals surface area contributed by atoms with E-state index in [1.54, 1.807) is 12.1 Å². The van der Waals surface area contributed by atoms with Gasteiger partial charge in [0.05, 0.1) is 10.7 Å². The first-order chi connectivity index (χ1) is 12.9.